The second-order valence-corrected chi connectivity index (χ2v) is 5.07. The van der Waals surface area contributed by atoms with E-state index in [0.717, 1.165) is 19.4 Å². The molecule has 1 saturated heterocycles. The second-order valence-electron chi connectivity index (χ2n) is 5.07. The Morgan fingerprint density at radius 3 is 2.83 bits per heavy atom. The van der Waals surface area contributed by atoms with Crippen molar-refractivity contribution in [1.29, 1.82) is 0 Å². The second kappa shape index (κ2) is 7.71. The maximum Gasteiger partial charge on any atom is 0.239 e. The number of carbonyl (C=O) groups excluding carboxylic acids is 1. The molecule has 1 aliphatic rings. The van der Waals surface area contributed by atoms with Gasteiger partial charge in [-0.3, -0.25) is 4.79 Å². The van der Waals surface area contributed by atoms with Crippen LogP contribution in [0.3, 0.4) is 0 Å². The first-order chi connectivity index (χ1) is 8.60. The molecule has 3 atom stereocenters. The van der Waals surface area contributed by atoms with Crippen molar-refractivity contribution in [2.45, 2.75) is 38.3 Å². The molecule has 0 aromatic carbocycles. The fourth-order valence-corrected chi connectivity index (χ4v) is 2.35. The minimum Gasteiger partial charge on any atom is -0.385 e. The first-order valence-electron chi connectivity index (χ1n) is 6.66. The number of carbonyl (C=O) groups is 1. The quantitative estimate of drug-likeness (QED) is 0.710. The van der Waals surface area contributed by atoms with E-state index in [1.54, 1.807) is 14.2 Å². The Morgan fingerprint density at radius 1 is 1.50 bits per heavy atom. The van der Waals surface area contributed by atoms with Gasteiger partial charge in [0.25, 0.3) is 0 Å². The molecule has 0 spiro atoms. The lowest BCUT2D eigenvalue weighted by atomic mass is 9.95. The molecule has 18 heavy (non-hydrogen) atoms. The largest absolute Gasteiger partial charge is 0.385 e. The molecule has 3 unspecified atom stereocenters. The van der Waals surface area contributed by atoms with Crippen molar-refractivity contribution >= 4 is 5.91 Å². The summed E-state index contributed by atoms with van der Waals surface area (Å²) in [6.07, 6.45) is 2.61. The van der Waals surface area contributed by atoms with Crippen LogP contribution in [0.5, 0.6) is 0 Å². The summed E-state index contributed by atoms with van der Waals surface area (Å²) in [6.45, 7) is 4.26. The summed E-state index contributed by atoms with van der Waals surface area (Å²) in [5.41, 5.74) is 5.92. The lowest BCUT2D eigenvalue weighted by molar-refractivity contribution is -0.137. The predicted octanol–water partition coefficient (Wildman–Crippen LogP) is 0.624. The number of likely N-dealkylation sites (tertiary alicyclic amines) is 1. The van der Waals surface area contributed by atoms with Gasteiger partial charge in [-0.25, -0.2) is 0 Å². The Labute approximate surface area is 110 Å². The number of methoxy groups -OCH3 is 2. The Balaban J connectivity index is 2.41. The zero-order chi connectivity index (χ0) is 13.5. The van der Waals surface area contributed by atoms with Gasteiger partial charge in [-0.1, -0.05) is 6.92 Å². The maximum atomic E-state index is 12.2. The van der Waals surface area contributed by atoms with Crippen LogP contribution in [-0.2, 0) is 14.3 Å². The highest BCUT2D eigenvalue weighted by atomic mass is 16.5. The molecule has 0 aromatic rings. The molecule has 2 N–H and O–H groups in total. The number of rotatable bonds is 6. The van der Waals surface area contributed by atoms with E-state index < -0.39 is 6.04 Å². The molecule has 1 rings (SSSR count). The van der Waals surface area contributed by atoms with E-state index in [2.05, 4.69) is 6.92 Å². The Morgan fingerprint density at radius 2 is 2.22 bits per heavy atom. The molecule has 0 radical (unpaired) electrons. The average Bonchev–Trinajstić information content (AvgIpc) is 2.38. The molecule has 0 bridgehead atoms. The van der Waals surface area contributed by atoms with Crippen molar-refractivity contribution in [1.82, 2.24) is 4.90 Å². The summed E-state index contributed by atoms with van der Waals surface area (Å²) < 4.78 is 10.4. The standard InChI is InChI=1S/C13H26N2O3/c1-10-6-7-15(9-12(10)18-3)13(16)11(14)5-4-8-17-2/h10-12H,4-9,14H2,1-3H3. The van der Waals surface area contributed by atoms with Gasteiger partial charge in [-0.2, -0.15) is 0 Å². The smallest absolute Gasteiger partial charge is 0.239 e. The van der Waals surface area contributed by atoms with Gasteiger partial charge in [0, 0.05) is 33.9 Å². The van der Waals surface area contributed by atoms with Crippen LogP contribution in [0, 0.1) is 5.92 Å². The first-order valence-corrected chi connectivity index (χ1v) is 6.66. The summed E-state index contributed by atoms with van der Waals surface area (Å²) >= 11 is 0. The van der Waals surface area contributed by atoms with Gasteiger partial charge in [0.15, 0.2) is 0 Å². The van der Waals surface area contributed by atoms with E-state index in [0.29, 0.717) is 25.5 Å². The van der Waals surface area contributed by atoms with Crippen LogP contribution in [0.25, 0.3) is 0 Å². The molecule has 106 valence electrons. The number of nitrogens with two attached hydrogens (primary N) is 1. The van der Waals surface area contributed by atoms with Gasteiger partial charge < -0.3 is 20.1 Å². The summed E-state index contributed by atoms with van der Waals surface area (Å²) in [5, 5.41) is 0. The Hall–Kier alpha value is -0.650. The fraction of sp³-hybridized carbons (Fsp3) is 0.923. The Bertz CT molecular complexity index is 261. The monoisotopic (exact) mass is 258 g/mol. The van der Waals surface area contributed by atoms with Gasteiger partial charge >= 0.3 is 0 Å². The van der Waals surface area contributed by atoms with Crippen LogP contribution in [-0.4, -0.2) is 56.9 Å². The predicted molar refractivity (Wildman–Crippen MR) is 70.2 cm³/mol. The number of amides is 1. The summed E-state index contributed by atoms with van der Waals surface area (Å²) in [6, 6.07) is -0.411. The number of nitrogens with zero attached hydrogens (tertiary/aromatic N) is 1. The number of piperidine rings is 1. The molecule has 1 amide bonds. The average molecular weight is 258 g/mol. The van der Waals surface area contributed by atoms with Crippen molar-refractivity contribution in [2.24, 2.45) is 11.7 Å². The van der Waals surface area contributed by atoms with E-state index in [4.69, 9.17) is 15.2 Å². The topological polar surface area (TPSA) is 64.8 Å². The van der Waals surface area contributed by atoms with Gasteiger partial charge in [-0.05, 0) is 25.2 Å². The maximum absolute atomic E-state index is 12.2. The highest BCUT2D eigenvalue weighted by Crippen LogP contribution is 2.20. The number of hydrogen-bond donors (Lipinski definition) is 1. The molecule has 5 heteroatoms. The van der Waals surface area contributed by atoms with Crippen molar-refractivity contribution in [2.75, 3.05) is 33.9 Å². The third-order valence-corrected chi connectivity index (χ3v) is 3.68. The summed E-state index contributed by atoms with van der Waals surface area (Å²) in [7, 11) is 3.36. The van der Waals surface area contributed by atoms with Crippen molar-refractivity contribution in [3.05, 3.63) is 0 Å². The lowest BCUT2D eigenvalue weighted by Crippen LogP contribution is -2.51. The minimum absolute atomic E-state index is 0.0417. The van der Waals surface area contributed by atoms with E-state index in [9.17, 15) is 4.79 Å². The molecule has 5 nitrogen and oxygen atoms in total. The first kappa shape index (κ1) is 15.4. The molecule has 0 aliphatic carbocycles. The van der Waals surface area contributed by atoms with Crippen LogP contribution < -0.4 is 5.73 Å². The fourth-order valence-electron chi connectivity index (χ4n) is 2.35. The third kappa shape index (κ3) is 4.23. The van der Waals surface area contributed by atoms with Crippen molar-refractivity contribution < 1.29 is 14.3 Å². The molecule has 0 saturated carbocycles. The van der Waals surface area contributed by atoms with Crippen molar-refractivity contribution in [3.8, 4) is 0 Å². The Kier molecular flexibility index (Phi) is 6.60. The molecular formula is C13H26N2O3. The molecule has 1 aliphatic heterocycles. The molecule has 1 fully saturated rings. The van der Waals surface area contributed by atoms with E-state index >= 15 is 0 Å². The normalized spacial score (nSPS) is 26.1. The highest BCUT2D eigenvalue weighted by molar-refractivity contribution is 5.81. The zero-order valence-corrected chi connectivity index (χ0v) is 11.7. The van der Waals surface area contributed by atoms with Gasteiger partial charge in [0.2, 0.25) is 5.91 Å². The van der Waals surface area contributed by atoms with Gasteiger partial charge in [0.05, 0.1) is 12.1 Å². The molecule has 0 aromatic heterocycles. The van der Waals surface area contributed by atoms with Crippen LogP contribution in [0.15, 0.2) is 0 Å². The zero-order valence-electron chi connectivity index (χ0n) is 11.7. The van der Waals surface area contributed by atoms with Crippen LogP contribution in [0.1, 0.15) is 26.2 Å². The van der Waals surface area contributed by atoms with E-state index in [1.165, 1.54) is 0 Å². The minimum atomic E-state index is -0.411. The third-order valence-electron chi connectivity index (χ3n) is 3.68. The molecule has 1 heterocycles. The number of hydrogen-bond acceptors (Lipinski definition) is 4. The summed E-state index contributed by atoms with van der Waals surface area (Å²) in [4.78, 5) is 14.0. The van der Waals surface area contributed by atoms with E-state index in [-0.39, 0.29) is 12.0 Å². The summed E-state index contributed by atoms with van der Waals surface area (Å²) in [5.74, 6) is 0.545. The van der Waals surface area contributed by atoms with Crippen LogP contribution in [0.2, 0.25) is 0 Å². The SMILES string of the molecule is COCCCC(N)C(=O)N1CCC(C)C(OC)C1. The lowest BCUT2D eigenvalue weighted by Gasteiger charge is -2.37. The van der Waals surface area contributed by atoms with Gasteiger partial charge in [0.1, 0.15) is 0 Å². The van der Waals surface area contributed by atoms with Gasteiger partial charge in [-0.15, -0.1) is 0 Å². The highest BCUT2D eigenvalue weighted by Gasteiger charge is 2.30. The van der Waals surface area contributed by atoms with Crippen LogP contribution >= 0.6 is 0 Å². The van der Waals surface area contributed by atoms with E-state index in [1.807, 2.05) is 4.90 Å². The number of ether oxygens (including phenoxy) is 2. The van der Waals surface area contributed by atoms with Crippen molar-refractivity contribution in [3.63, 3.8) is 0 Å². The van der Waals surface area contributed by atoms with Crippen LogP contribution in [0.4, 0.5) is 0 Å². The molecular weight excluding hydrogens is 232 g/mol.